The maximum Gasteiger partial charge on any atom is 0.264 e. The van der Waals surface area contributed by atoms with Gasteiger partial charge in [-0.25, -0.2) is 13.8 Å². The Morgan fingerprint density at radius 2 is 1.92 bits per heavy atom. The summed E-state index contributed by atoms with van der Waals surface area (Å²) in [5.41, 5.74) is 3.53. The zero-order chi connectivity index (χ0) is 18.1. The lowest BCUT2D eigenvalue weighted by molar-refractivity contribution is 0.152. The van der Waals surface area contributed by atoms with E-state index >= 15 is 0 Å². The molecule has 1 aromatic carbocycles. The molecule has 0 saturated heterocycles. The molecule has 0 aliphatic carbocycles. The van der Waals surface area contributed by atoms with Gasteiger partial charge in [0.2, 0.25) is 0 Å². The normalized spacial score (nSPS) is 14.2. The molecular weight excluding hydrogens is 320 g/mol. The van der Waals surface area contributed by atoms with Crippen LogP contribution in [-0.2, 0) is 6.42 Å². The van der Waals surface area contributed by atoms with Crippen LogP contribution in [0.2, 0.25) is 0 Å². The lowest BCUT2D eigenvalue weighted by atomic mass is 9.92. The van der Waals surface area contributed by atoms with Crippen LogP contribution in [0, 0.1) is 0 Å². The molecule has 134 valence electrons. The minimum Gasteiger partial charge on any atom is -0.369 e. The highest BCUT2D eigenvalue weighted by Crippen LogP contribution is 2.39. The molecule has 3 nitrogen and oxygen atoms in total. The fourth-order valence-electron chi connectivity index (χ4n) is 3.45. The summed E-state index contributed by atoms with van der Waals surface area (Å²) < 4.78 is 27.5. The first-order chi connectivity index (χ1) is 11.9. The van der Waals surface area contributed by atoms with Crippen LogP contribution < -0.4 is 9.80 Å². The summed E-state index contributed by atoms with van der Waals surface area (Å²) in [4.78, 5) is 8.50. The monoisotopic (exact) mass is 345 g/mol. The summed E-state index contributed by atoms with van der Waals surface area (Å²) in [5.74, 6) is 0.811. The number of hydrogen-bond acceptors (Lipinski definition) is 3. The molecule has 0 fully saturated rings. The molecule has 2 heterocycles. The summed E-state index contributed by atoms with van der Waals surface area (Å²) in [6.45, 7) is 5.13. The summed E-state index contributed by atoms with van der Waals surface area (Å²) in [5, 5.41) is 0. The predicted molar refractivity (Wildman–Crippen MR) is 99.8 cm³/mol. The molecule has 0 spiro atoms. The molecule has 2 aromatic rings. The lowest BCUT2D eigenvalue weighted by Crippen LogP contribution is -2.35. The summed E-state index contributed by atoms with van der Waals surface area (Å²) >= 11 is 0. The number of rotatable bonds is 4. The zero-order valence-electron chi connectivity index (χ0n) is 15.3. The van der Waals surface area contributed by atoms with Gasteiger partial charge in [-0.2, -0.15) is 0 Å². The molecule has 1 aliphatic heterocycles. The molecule has 0 radical (unpaired) electrons. The van der Waals surface area contributed by atoms with Crippen LogP contribution in [0.15, 0.2) is 30.5 Å². The van der Waals surface area contributed by atoms with Crippen LogP contribution in [0.1, 0.15) is 37.8 Å². The van der Waals surface area contributed by atoms with Crippen LogP contribution in [-0.4, -0.2) is 31.7 Å². The van der Waals surface area contributed by atoms with Crippen molar-refractivity contribution in [2.75, 3.05) is 30.4 Å². The van der Waals surface area contributed by atoms with Crippen LogP contribution in [0.5, 0.6) is 0 Å². The molecule has 5 heteroatoms. The molecule has 25 heavy (non-hydrogen) atoms. The van der Waals surface area contributed by atoms with Crippen molar-refractivity contribution < 1.29 is 8.78 Å². The molecule has 0 N–H and O–H groups in total. The molecule has 0 saturated carbocycles. The number of anilines is 2. The van der Waals surface area contributed by atoms with Crippen LogP contribution in [0.4, 0.5) is 20.3 Å². The first-order valence-corrected chi connectivity index (χ1v) is 8.74. The fraction of sp³-hybridized carbons (Fsp3) is 0.450. The van der Waals surface area contributed by atoms with E-state index in [9.17, 15) is 8.78 Å². The van der Waals surface area contributed by atoms with Gasteiger partial charge < -0.3 is 9.80 Å². The largest absolute Gasteiger partial charge is 0.369 e. The Hall–Kier alpha value is -2.17. The van der Waals surface area contributed by atoms with Gasteiger partial charge in [-0.15, -0.1) is 0 Å². The second-order valence-corrected chi connectivity index (χ2v) is 7.06. The van der Waals surface area contributed by atoms with Gasteiger partial charge in [0.15, 0.2) is 0 Å². The predicted octanol–water partition coefficient (Wildman–Crippen LogP) is 4.91. The highest BCUT2D eigenvalue weighted by molar-refractivity contribution is 5.74. The number of aryl methyl sites for hydroxylation is 1. The fourth-order valence-corrected chi connectivity index (χ4v) is 3.45. The van der Waals surface area contributed by atoms with Gasteiger partial charge in [-0.1, -0.05) is 0 Å². The molecule has 1 aromatic heterocycles. The number of aromatic nitrogens is 1. The van der Waals surface area contributed by atoms with E-state index in [1.807, 2.05) is 37.2 Å². The van der Waals surface area contributed by atoms with E-state index in [0.29, 0.717) is 11.6 Å². The van der Waals surface area contributed by atoms with Crippen molar-refractivity contribution >= 4 is 11.5 Å². The number of hydrogen-bond donors (Lipinski definition) is 0. The van der Waals surface area contributed by atoms with E-state index in [0.717, 1.165) is 42.0 Å². The smallest absolute Gasteiger partial charge is 0.264 e. The first kappa shape index (κ1) is 17.6. The molecule has 0 unspecified atom stereocenters. The lowest BCUT2D eigenvalue weighted by Gasteiger charge is -2.35. The second-order valence-electron chi connectivity index (χ2n) is 7.06. The average Bonchev–Trinajstić information content (AvgIpc) is 2.59. The van der Waals surface area contributed by atoms with Gasteiger partial charge in [-0.3, -0.25) is 0 Å². The number of nitrogens with zero attached hydrogens (tertiary/aromatic N) is 3. The summed E-state index contributed by atoms with van der Waals surface area (Å²) in [6, 6.07) is 7.67. The Morgan fingerprint density at radius 1 is 1.16 bits per heavy atom. The van der Waals surface area contributed by atoms with Crippen molar-refractivity contribution in [3.8, 4) is 11.1 Å². The van der Waals surface area contributed by atoms with Gasteiger partial charge >= 0.3 is 0 Å². The third-order valence-corrected chi connectivity index (χ3v) is 4.78. The van der Waals surface area contributed by atoms with Gasteiger partial charge in [0.1, 0.15) is 5.82 Å². The maximum atomic E-state index is 13.8. The number of alkyl halides is 2. The van der Waals surface area contributed by atoms with Gasteiger partial charge in [0.05, 0.1) is 0 Å². The molecular formula is C20H25F2N3. The quantitative estimate of drug-likeness (QED) is 0.784. The topological polar surface area (TPSA) is 19.4 Å². The highest BCUT2D eigenvalue weighted by atomic mass is 19.3. The minimum absolute atomic E-state index is 0.0886. The third kappa shape index (κ3) is 3.46. The van der Waals surface area contributed by atoms with E-state index in [2.05, 4.69) is 23.7 Å². The van der Waals surface area contributed by atoms with Crippen molar-refractivity contribution in [3.63, 3.8) is 0 Å². The Labute approximate surface area is 148 Å². The number of pyridine rings is 1. The number of halogens is 2. The van der Waals surface area contributed by atoms with Crippen molar-refractivity contribution in [2.45, 2.75) is 39.2 Å². The van der Waals surface area contributed by atoms with Crippen molar-refractivity contribution in [1.82, 2.24) is 4.98 Å². The number of benzene rings is 1. The standard InChI is InChI=1S/C20H25F2N3/c1-13(2)25-9-5-6-14-10-16(17(20(21)22)11-18(14)25)15-7-8-19(23-12-15)24(3)4/h7-8,10-13,20H,5-6,9H2,1-4H3. The van der Waals surface area contributed by atoms with Gasteiger partial charge in [0, 0.05) is 49.7 Å². The van der Waals surface area contributed by atoms with E-state index in [1.54, 1.807) is 12.3 Å². The summed E-state index contributed by atoms with van der Waals surface area (Å²) in [6.07, 6.45) is 1.16. The Bertz CT molecular complexity index is 739. The highest BCUT2D eigenvalue weighted by Gasteiger charge is 2.24. The number of fused-ring (bicyclic) bond motifs is 1. The van der Waals surface area contributed by atoms with Gasteiger partial charge in [-0.05, 0) is 62.1 Å². The third-order valence-electron chi connectivity index (χ3n) is 4.78. The SMILES string of the molecule is CC(C)N1CCCc2cc(-c3ccc(N(C)C)nc3)c(C(F)F)cc21. The van der Waals surface area contributed by atoms with Crippen molar-refractivity contribution in [3.05, 3.63) is 41.6 Å². The molecule has 3 rings (SSSR count). The van der Waals surface area contributed by atoms with Crippen molar-refractivity contribution in [1.29, 1.82) is 0 Å². The average molecular weight is 345 g/mol. The Balaban J connectivity index is 2.10. The Kier molecular flexibility index (Phi) is 4.93. The van der Waals surface area contributed by atoms with Crippen LogP contribution in [0.3, 0.4) is 0 Å². The van der Waals surface area contributed by atoms with Gasteiger partial charge in [0.25, 0.3) is 6.43 Å². The minimum atomic E-state index is -2.51. The maximum absolute atomic E-state index is 13.8. The van der Waals surface area contributed by atoms with Crippen molar-refractivity contribution in [2.24, 2.45) is 0 Å². The van der Waals surface area contributed by atoms with E-state index in [-0.39, 0.29) is 5.56 Å². The van der Waals surface area contributed by atoms with E-state index in [1.165, 1.54) is 0 Å². The van der Waals surface area contributed by atoms with Crippen LogP contribution in [0.25, 0.3) is 11.1 Å². The Morgan fingerprint density at radius 3 is 2.48 bits per heavy atom. The van der Waals surface area contributed by atoms with E-state index in [4.69, 9.17) is 0 Å². The van der Waals surface area contributed by atoms with Crippen LogP contribution >= 0.6 is 0 Å². The van der Waals surface area contributed by atoms with E-state index < -0.39 is 6.43 Å². The zero-order valence-corrected chi connectivity index (χ0v) is 15.3. The first-order valence-electron chi connectivity index (χ1n) is 8.74. The molecule has 0 atom stereocenters. The molecule has 0 bridgehead atoms. The summed E-state index contributed by atoms with van der Waals surface area (Å²) in [7, 11) is 3.82. The molecule has 1 aliphatic rings. The second kappa shape index (κ2) is 6.98. The molecule has 0 amide bonds.